The third-order valence-corrected chi connectivity index (χ3v) is 7.04. The topological polar surface area (TPSA) is 113 Å². The smallest absolute Gasteiger partial charge is 0.272 e. The average Bonchev–Trinajstić information content (AvgIpc) is 2.78. The van der Waals surface area contributed by atoms with Crippen molar-refractivity contribution in [1.29, 1.82) is 0 Å². The second-order valence-electron chi connectivity index (χ2n) is 7.96. The zero-order valence-corrected chi connectivity index (χ0v) is 18.2. The van der Waals surface area contributed by atoms with E-state index in [-0.39, 0.29) is 22.3 Å². The summed E-state index contributed by atoms with van der Waals surface area (Å²) in [4.78, 5) is 31.6. The van der Waals surface area contributed by atoms with Gasteiger partial charge in [0.2, 0.25) is 5.91 Å². The number of pyridine rings is 1. The first kappa shape index (κ1) is 21.2. The summed E-state index contributed by atoms with van der Waals surface area (Å²) in [6, 6.07) is 10.3. The number of hydrogen-bond acceptors (Lipinski definition) is 6. The van der Waals surface area contributed by atoms with Gasteiger partial charge in [-0.1, -0.05) is 18.2 Å². The molecule has 0 bridgehead atoms. The van der Waals surface area contributed by atoms with Crippen LogP contribution in [0, 0.1) is 0 Å². The number of carbonyl (C=O) groups excluding carboxylic acids is 1. The second-order valence-corrected chi connectivity index (χ2v) is 9.95. The Balaban J connectivity index is 1.52. The van der Waals surface area contributed by atoms with Gasteiger partial charge in [0.05, 0.1) is 27.6 Å². The molecular weight excluding hydrogens is 416 g/mol. The molecule has 0 radical (unpaired) electrons. The number of likely N-dealkylation sites (tertiary alicyclic amines) is 1. The predicted octanol–water partition coefficient (Wildman–Crippen LogP) is 2.23. The molecule has 1 aromatic carbocycles. The van der Waals surface area contributed by atoms with Gasteiger partial charge in [-0.15, -0.1) is 0 Å². The van der Waals surface area contributed by atoms with E-state index in [4.69, 9.17) is 0 Å². The van der Waals surface area contributed by atoms with Crippen molar-refractivity contribution in [2.24, 2.45) is 0 Å². The van der Waals surface area contributed by atoms with E-state index in [0.717, 1.165) is 0 Å². The van der Waals surface area contributed by atoms with Crippen molar-refractivity contribution in [3.63, 3.8) is 0 Å². The SMILES string of the molecule is C[C@H](C(=O)N1CCC(c2ncccc2S(C)(=O)=O)CC1)c1n[nH]c(=O)c2ccccc12. The molecule has 1 saturated heterocycles. The number of carbonyl (C=O) groups is 1. The highest BCUT2D eigenvalue weighted by Gasteiger charge is 2.31. The molecule has 0 saturated carbocycles. The summed E-state index contributed by atoms with van der Waals surface area (Å²) in [5.74, 6) is -0.593. The fourth-order valence-electron chi connectivity index (χ4n) is 4.25. The van der Waals surface area contributed by atoms with E-state index in [0.29, 0.717) is 48.1 Å². The minimum absolute atomic E-state index is 0.0164. The molecule has 1 N–H and O–H groups in total. The highest BCUT2D eigenvalue weighted by Crippen LogP contribution is 2.32. The Bertz CT molecular complexity index is 1290. The Kier molecular flexibility index (Phi) is 5.62. The number of piperidine rings is 1. The number of nitrogens with one attached hydrogen (secondary N) is 1. The van der Waals surface area contributed by atoms with Gasteiger partial charge in [-0.3, -0.25) is 14.6 Å². The van der Waals surface area contributed by atoms with Crippen molar-refractivity contribution in [3.05, 3.63) is 64.3 Å². The first-order valence-electron chi connectivity index (χ1n) is 10.2. The zero-order valence-electron chi connectivity index (χ0n) is 17.4. The third kappa shape index (κ3) is 4.10. The molecule has 1 atom stereocenters. The maximum absolute atomic E-state index is 13.2. The van der Waals surface area contributed by atoms with Crippen molar-refractivity contribution in [1.82, 2.24) is 20.1 Å². The lowest BCUT2D eigenvalue weighted by molar-refractivity contribution is -0.133. The van der Waals surface area contributed by atoms with Gasteiger partial charge in [-0.2, -0.15) is 5.10 Å². The van der Waals surface area contributed by atoms with Crippen LogP contribution >= 0.6 is 0 Å². The van der Waals surface area contributed by atoms with Gasteiger partial charge < -0.3 is 4.90 Å². The van der Waals surface area contributed by atoms with Crippen molar-refractivity contribution in [2.75, 3.05) is 19.3 Å². The largest absolute Gasteiger partial charge is 0.342 e. The second kappa shape index (κ2) is 8.22. The number of aromatic amines is 1. The molecule has 2 aromatic heterocycles. The van der Waals surface area contributed by atoms with E-state index >= 15 is 0 Å². The third-order valence-electron chi connectivity index (χ3n) is 5.90. The van der Waals surface area contributed by atoms with Gasteiger partial charge in [0.15, 0.2) is 9.84 Å². The number of aromatic nitrogens is 3. The molecule has 1 amide bonds. The normalized spacial score (nSPS) is 16.4. The van der Waals surface area contributed by atoms with Gasteiger partial charge in [-0.05, 0) is 38.0 Å². The maximum atomic E-state index is 13.2. The average molecular weight is 441 g/mol. The van der Waals surface area contributed by atoms with Gasteiger partial charge in [0.1, 0.15) is 0 Å². The Morgan fingerprint density at radius 1 is 1.13 bits per heavy atom. The zero-order chi connectivity index (χ0) is 22.2. The van der Waals surface area contributed by atoms with Gasteiger partial charge in [0.25, 0.3) is 5.56 Å². The van der Waals surface area contributed by atoms with Crippen LogP contribution < -0.4 is 5.56 Å². The van der Waals surface area contributed by atoms with Crippen molar-refractivity contribution in [3.8, 4) is 0 Å². The Morgan fingerprint density at radius 2 is 1.81 bits per heavy atom. The number of amides is 1. The number of fused-ring (bicyclic) bond motifs is 1. The molecule has 1 aliphatic rings. The fraction of sp³-hybridized carbons (Fsp3) is 0.364. The van der Waals surface area contributed by atoms with Gasteiger partial charge in [-0.25, -0.2) is 13.5 Å². The summed E-state index contributed by atoms with van der Waals surface area (Å²) in [5, 5.41) is 7.83. The first-order valence-corrected chi connectivity index (χ1v) is 12.1. The molecule has 1 fully saturated rings. The van der Waals surface area contributed by atoms with Crippen LogP contribution in [0.1, 0.15) is 43.0 Å². The number of sulfone groups is 1. The molecule has 0 aliphatic carbocycles. The van der Waals surface area contributed by atoms with Crippen LogP contribution in [0.4, 0.5) is 0 Å². The molecule has 3 heterocycles. The summed E-state index contributed by atoms with van der Waals surface area (Å²) in [7, 11) is -3.37. The minimum atomic E-state index is -3.37. The molecule has 0 spiro atoms. The van der Waals surface area contributed by atoms with Crippen LogP contribution in [0.5, 0.6) is 0 Å². The van der Waals surface area contributed by atoms with E-state index in [2.05, 4.69) is 15.2 Å². The summed E-state index contributed by atoms with van der Waals surface area (Å²) in [6.07, 6.45) is 4.07. The molecule has 8 nitrogen and oxygen atoms in total. The molecule has 31 heavy (non-hydrogen) atoms. The summed E-state index contributed by atoms with van der Waals surface area (Å²) in [6.45, 7) is 2.81. The van der Waals surface area contributed by atoms with Gasteiger partial charge in [0, 0.05) is 36.8 Å². The van der Waals surface area contributed by atoms with E-state index in [1.165, 1.54) is 6.26 Å². The molecule has 0 unspecified atom stereocenters. The highest BCUT2D eigenvalue weighted by molar-refractivity contribution is 7.90. The molecular formula is C22H24N4O4S. The van der Waals surface area contributed by atoms with E-state index < -0.39 is 15.8 Å². The Hall–Kier alpha value is -3.07. The van der Waals surface area contributed by atoms with E-state index in [1.807, 2.05) is 6.07 Å². The first-order chi connectivity index (χ1) is 14.8. The van der Waals surface area contributed by atoms with Crippen LogP contribution in [-0.2, 0) is 14.6 Å². The highest BCUT2D eigenvalue weighted by atomic mass is 32.2. The van der Waals surface area contributed by atoms with E-state index in [1.54, 1.807) is 48.4 Å². The predicted molar refractivity (Wildman–Crippen MR) is 117 cm³/mol. The van der Waals surface area contributed by atoms with Crippen LogP contribution in [0.2, 0.25) is 0 Å². The lowest BCUT2D eigenvalue weighted by Crippen LogP contribution is -2.40. The van der Waals surface area contributed by atoms with Crippen LogP contribution in [0.15, 0.2) is 52.3 Å². The minimum Gasteiger partial charge on any atom is -0.342 e. The summed E-state index contributed by atoms with van der Waals surface area (Å²) >= 11 is 0. The van der Waals surface area contributed by atoms with Crippen LogP contribution in [0.25, 0.3) is 10.8 Å². The summed E-state index contributed by atoms with van der Waals surface area (Å²) < 4.78 is 24.2. The lowest BCUT2D eigenvalue weighted by Gasteiger charge is -2.33. The number of nitrogens with zero attached hydrogens (tertiary/aromatic N) is 3. The number of benzene rings is 1. The number of hydrogen-bond donors (Lipinski definition) is 1. The number of H-pyrrole nitrogens is 1. The van der Waals surface area contributed by atoms with E-state index in [9.17, 15) is 18.0 Å². The molecule has 1 aliphatic heterocycles. The van der Waals surface area contributed by atoms with Crippen LogP contribution in [0.3, 0.4) is 0 Å². The molecule has 162 valence electrons. The Morgan fingerprint density at radius 3 is 2.48 bits per heavy atom. The van der Waals surface area contributed by atoms with Crippen LogP contribution in [-0.4, -0.2) is 53.8 Å². The summed E-state index contributed by atoms with van der Waals surface area (Å²) in [5.41, 5.74) is 0.849. The molecule has 9 heteroatoms. The van der Waals surface area contributed by atoms with Crippen molar-refractivity contribution in [2.45, 2.75) is 36.5 Å². The lowest BCUT2D eigenvalue weighted by atomic mass is 9.91. The molecule has 3 aromatic rings. The monoisotopic (exact) mass is 440 g/mol. The van der Waals surface area contributed by atoms with Gasteiger partial charge >= 0.3 is 0 Å². The number of rotatable bonds is 4. The fourth-order valence-corrected chi connectivity index (χ4v) is 5.18. The molecule has 4 rings (SSSR count). The quantitative estimate of drug-likeness (QED) is 0.666. The van der Waals surface area contributed by atoms with Crippen molar-refractivity contribution >= 4 is 26.5 Å². The maximum Gasteiger partial charge on any atom is 0.272 e. The Labute approximate surface area is 180 Å². The van der Waals surface area contributed by atoms with Crippen molar-refractivity contribution < 1.29 is 13.2 Å². The standard InChI is InChI=1S/C22H24N4O4S/c1-14(19-16-6-3-4-7-17(16)21(27)25-24-19)22(28)26-12-9-15(10-13-26)20-18(31(2,29)30)8-5-11-23-20/h3-8,11,14-15H,9-10,12-13H2,1-2H3,(H,25,27)/t14-/m0/s1.